The topological polar surface area (TPSA) is 49.3 Å². The predicted molar refractivity (Wildman–Crippen MR) is 42.8 cm³/mol. The maximum Gasteiger partial charge on any atom is 0.303 e. The zero-order chi connectivity index (χ0) is 7.14. The first kappa shape index (κ1) is 8.81. The van der Waals surface area contributed by atoms with Gasteiger partial charge in [0.1, 0.15) is 0 Å². The normalized spacial score (nSPS) is 39.1. The molecule has 2 N–H and O–H groups in total. The van der Waals surface area contributed by atoms with Crippen molar-refractivity contribution in [3.05, 3.63) is 0 Å². The number of piperidine rings is 1. The second-order valence-corrected chi connectivity index (χ2v) is 3.25. The Kier molecular flexibility index (Phi) is 2.40. The van der Waals surface area contributed by atoms with Gasteiger partial charge in [0.2, 0.25) is 0 Å². The van der Waals surface area contributed by atoms with Crippen LogP contribution in [0.25, 0.3) is 0 Å². The van der Waals surface area contributed by atoms with Crippen LogP contribution in [-0.4, -0.2) is 24.2 Å². The Morgan fingerprint density at radius 2 is 2.00 bits per heavy atom. The Hall–Kier alpha value is -0.280. The Morgan fingerprint density at radius 1 is 1.45 bits per heavy atom. The van der Waals surface area contributed by atoms with Gasteiger partial charge in [0, 0.05) is 6.42 Å². The fourth-order valence-corrected chi connectivity index (χ4v) is 2.05. The third-order valence-electron chi connectivity index (χ3n) is 2.68. The molecule has 3 atom stereocenters. The summed E-state index contributed by atoms with van der Waals surface area (Å²) in [4.78, 5) is 10.3. The maximum absolute atomic E-state index is 10.3. The van der Waals surface area contributed by atoms with Crippen LogP contribution in [0.2, 0.25) is 0 Å². The largest absolute Gasteiger partial charge is 0.481 e. The van der Waals surface area contributed by atoms with Crippen molar-refractivity contribution in [1.29, 1.82) is 0 Å². The lowest BCUT2D eigenvalue weighted by atomic mass is 10.2. The van der Waals surface area contributed by atoms with Crippen molar-refractivity contribution in [2.75, 3.05) is 13.1 Å². The van der Waals surface area contributed by atoms with E-state index in [0.717, 1.165) is 13.1 Å². The van der Waals surface area contributed by atoms with Crippen molar-refractivity contribution in [3.8, 4) is 0 Å². The van der Waals surface area contributed by atoms with E-state index in [1.165, 1.54) is 0 Å². The Labute approximate surface area is 71.6 Å². The summed E-state index contributed by atoms with van der Waals surface area (Å²) in [6, 6.07) is 0. The minimum absolute atomic E-state index is 0. The fourth-order valence-electron chi connectivity index (χ4n) is 2.05. The molecule has 0 radical (unpaired) electrons. The molecule has 0 bridgehead atoms. The highest BCUT2D eigenvalue weighted by Crippen LogP contribution is 2.50. The molecular weight excluding hydrogens is 166 g/mol. The molecule has 1 heterocycles. The van der Waals surface area contributed by atoms with E-state index in [4.69, 9.17) is 5.11 Å². The standard InChI is InChI=1S/C7H11NO2.ClH/c9-7(10)1-4-5-2-8-3-6(4)5;/h4-6,8H,1-3H2,(H,9,10);1H/t4-,5+,6-;. The number of hydrogen-bond donors (Lipinski definition) is 2. The highest BCUT2D eigenvalue weighted by Gasteiger charge is 2.53. The molecule has 2 fully saturated rings. The van der Waals surface area contributed by atoms with Crippen LogP contribution in [-0.2, 0) is 4.79 Å². The van der Waals surface area contributed by atoms with Crippen molar-refractivity contribution in [1.82, 2.24) is 5.32 Å². The van der Waals surface area contributed by atoms with Crippen LogP contribution in [0.1, 0.15) is 6.42 Å². The van der Waals surface area contributed by atoms with Crippen LogP contribution in [0.15, 0.2) is 0 Å². The van der Waals surface area contributed by atoms with Gasteiger partial charge in [-0.2, -0.15) is 0 Å². The molecule has 1 aliphatic carbocycles. The lowest BCUT2D eigenvalue weighted by Gasteiger charge is -1.98. The third kappa shape index (κ3) is 1.49. The molecule has 2 rings (SSSR count). The zero-order valence-corrected chi connectivity index (χ0v) is 6.93. The van der Waals surface area contributed by atoms with Crippen LogP contribution >= 0.6 is 12.4 Å². The van der Waals surface area contributed by atoms with E-state index >= 15 is 0 Å². The molecule has 11 heavy (non-hydrogen) atoms. The van der Waals surface area contributed by atoms with Gasteiger partial charge in [-0.3, -0.25) is 4.79 Å². The van der Waals surface area contributed by atoms with E-state index in [2.05, 4.69) is 5.32 Å². The van der Waals surface area contributed by atoms with E-state index in [1.807, 2.05) is 0 Å². The Balaban J connectivity index is 0.000000605. The lowest BCUT2D eigenvalue weighted by molar-refractivity contribution is -0.137. The number of carboxylic acids is 1. The van der Waals surface area contributed by atoms with Gasteiger partial charge in [0.25, 0.3) is 0 Å². The van der Waals surface area contributed by atoms with Crippen molar-refractivity contribution in [2.45, 2.75) is 6.42 Å². The number of halogens is 1. The Morgan fingerprint density at radius 3 is 2.45 bits per heavy atom. The molecule has 0 aromatic rings. The molecule has 1 saturated carbocycles. The van der Waals surface area contributed by atoms with Crippen molar-refractivity contribution < 1.29 is 9.90 Å². The lowest BCUT2D eigenvalue weighted by Crippen LogP contribution is -2.15. The predicted octanol–water partition coefficient (Wildman–Crippen LogP) is 0.348. The number of aliphatic carboxylic acids is 1. The molecule has 0 unspecified atom stereocenters. The van der Waals surface area contributed by atoms with Crippen LogP contribution in [0, 0.1) is 17.8 Å². The number of rotatable bonds is 2. The molecular formula is C7H12ClNO2. The summed E-state index contributed by atoms with van der Waals surface area (Å²) in [5.41, 5.74) is 0. The van der Waals surface area contributed by atoms with E-state index in [1.54, 1.807) is 0 Å². The molecule has 0 aromatic heterocycles. The molecule has 64 valence electrons. The van der Waals surface area contributed by atoms with Gasteiger partial charge in [-0.05, 0) is 30.8 Å². The van der Waals surface area contributed by atoms with Gasteiger partial charge in [0.15, 0.2) is 0 Å². The second kappa shape index (κ2) is 2.99. The Bertz CT molecular complexity index is 164. The van der Waals surface area contributed by atoms with E-state index in [-0.39, 0.29) is 12.4 Å². The number of carboxylic acid groups (broad SMARTS) is 1. The number of carbonyl (C=O) groups is 1. The minimum Gasteiger partial charge on any atom is -0.481 e. The number of hydrogen-bond acceptors (Lipinski definition) is 2. The molecule has 0 amide bonds. The molecule has 4 heteroatoms. The molecule has 0 aromatic carbocycles. The summed E-state index contributed by atoms with van der Waals surface area (Å²) in [5, 5.41) is 11.7. The van der Waals surface area contributed by atoms with Gasteiger partial charge in [-0.25, -0.2) is 0 Å². The third-order valence-corrected chi connectivity index (χ3v) is 2.68. The van der Waals surface area contributed by atoms with Crippen LogP contribution in [0.5, 0.6) is 0 Å². The second-order valence-electron chi connectivity index (χ2n) is 3.25. The smallest absolute Gasteiger partial charge is 0.303 e. The highest BCUT2D eigenvalue weighted by atomic mass is 35.5. The van der Waals surface area contributed by atoms with Gasteiger partial charge in [0.05, 0.1) is 0 Å². The summed E-state index contributed by atoms with van der Waals surface area (Å²) < 4.78 is 0. The van der Waals surface area contributed by atoms with Crippen molar-refractivity contribution in [3.63, 3.8) is 0 Å². The molecule has 0 spiro atoms. The summed E-state index contributed by atoms with van der Waals surface area (Å²) in [5.74, 6) is 1.24. The number of nitrogens with one attached hydrogen (secondary N) is 1. The van der Waals surface area contributed by atoms with Crippen LogP contribution in [0.3, 0.4) is 0 Å². The zero-order valence-electron chi connectivity index (χ0n) is 6.12. The van der Waals surface area contributed by atoms with Gasteiger partial charge >= 0.3 is 5.97 Å². The summed E-state index contributed by atoms with van der Waals surface area (Å²) >= 11 is 0. The van der Waals surface area contributed by atoms with E-state index in [0.29, 0.717) is 24.2 Å². The first-order valence-corrected chi connectivity index (χ1v) is 3.71. The monoisotopic (exact) mass is 177 g/mol. The van der Waals surface area contributed by atoms with Crippen LogP contribution < -0.4 is 5.32 Å². The molecule has 2 aliphatic rings. The van der Waals surface area contributed by atoms with Crippen LogP contribution in [0.4, 0.5) is 0 Å². The summed E-state index contributed by atoms with van der Waals surface area (Å²) in [7, 11) is 0. The number of fused-ring (bicyclic) bond motifs is 1. The quantitative estimate of drug-likeness (QED) is 0.640. The van der Waals surface area contributed by atoms with Gasteiger partial charge < -0.3 is 10.4 Å². The fraction of sp³-hybridized carbons (Fsp3) is 0.857. The highest BCUT2D eigenvalue weighted by molar-refractivity contribution is 5.85. The van der Waals surface area contributed by atoms with Gasteiger partial charge in [-0.1, -0.05) is 0 Å². The van der Waals surface area contributed by atoms with E-state index in [9.17, 15) is 4.79 Å². The van der Waals surface area contributed by atoms with E-state index < -0.39 is 5.97 Å². The summed E-state index contributed by atoms with van der Waals surface area (Å²) in [6.07, 6.45) is 0.386. The average Bonchev–Trinajstić information content (AvgIpc) is 2.40. The minimum atomic E-state index is -0.639. The maximum atomic E-state index is 10.3. The molecule has 1 saturated heterocycles. The summed E-state index contributed by atoms with van der Waals surface area (Å²) in [6.45, 7) is 2.09. The molecule has 3 nitrogen and oxygen atoms in total. The van der Waals surface area contributed by atoms with Gasteiger partial charge in [-0.15, -0.1) is 12.4 Å². The first-order valence-electron chi connectivity index (χ1n) is 3.71. The molecule has 1 aliphatic heterocycles. The van der Waals surface area contributed by atoms with Crippen molar-refractivity contribution in [2.24, 2.45) is 17.8 Å². The van der Waals surface area contributed by atoms with Crippen molar-refractivity contribution >= 4 is 18.4 Å². The SMILES string of the molecule is Cl.O=C(O)C[C@@H]1[C@@H]2CNC[C@@H]21. The average molecular weight is 178 g/mol. The first-order chi connectivity index (χ1) is 4.79.